The lowest BCUT2D eigenvalue weighted by Gasteiger charge is -2.08. The van der Waals surface area contributed by atoms with E-state index < -0.39 is 4.92 Å². The van der Waals surface area contributed by atoms with Gasteiger partial charge in [-0.15, -0.1) is 16.8 Å². The van der Waals surface area contributed by atoms with E-state index in [1.54, 1.807) is 30.6 Å². The highest BCUT2D eigenvalue weighted by atomic mass is 32.2. The molecule has 0 aliphatic carbocycles. The molecule has 0 saturated carbocycles. The molecule has 3 rings (SSSR count). The fourth-order valence-corrected chi connectivity index (χ4v) is 3.15. The van der Waals surface area contributed by atoms with Crippen LogP contribution in [-0.2, 0) is 6.54 Å². The van der Waals surface area contributed by atoms with Crippen LogP contribution in [0.3, 0.4) is 0 Å². The average molecular weight is 383 g/mol. The number of benzene rings is 1. The van der Waals surface area contributed by atoms with Crippen molar-refractivity contribution in [2.45, 2.75) is 11.7 Å². The van der Waals surface area contributed by atoms with E-state index >= 15 is 0 Å². The summed E-state index contributed by atoms with van der Waals surface area (Å²) < 4.78 is 7.57. The third-order valence-corrected chi connectivity index (χ3v) is 4.51. The van der Waals surface area contributed by atoms with Crippen molar-refractivity contribution in [1.29, 1.82) is 0 Å². The standard InChI is InChI=1S/C18H17N5O3S/c1-2-10-22-17(14-6-8-19-9-7-14)20-21-18(22)27-12-11-26-16-5-3-4-15(13-16)23(24)25/h2-9,13H,1,10-12H2. The first-order valence-corrected chi connectivity index (χ1v) is 9.12. The maximum Gasteiger partial charge on any atom is 0.273 e. The van der Waals surface area contributed by atoms with Gasteiger partial charge in [0.2, 0.25) is 0 Å². The Morgan fingerprint density at radius 3 is 2.81 bits per heavy atom. The Labute approximate surface area is 160 Å². The van der Waals surface area contributed by atoms with Crippen molar-refractivity contribution in [3.8, 4) is 17.1 Å². The molecule has 0 amide bonds. The number of thioether (sulfide) groups is 1. The molecule has 0 spiro atoms. The van der Waals surface area contributed by atoms with E-state index in [0.29, 0.717) is 24.7 Å². The second-order valence-electron chi connectivity index (χ2n) is 5.39. The topological polar surface area (TPSA) is 96.0 Å². The minimum Gasteiger partial charge on any atom is -0.492 e. The molecule has 0 bridgehead atoms. The third kappa shape index (κ3) is 4.70. The zero-order valence-electron chi connectivity index (χ0n) is 14.4. The first-order valence-electron chi connectivity index (χ1n) is 8.13. The molecule has 0 saturated heterocycles. The van der Waals surface area contributed by atoms with Gasteiger partial charge < -0.3 is 4.74 Å². The summed E-state index contributed by atoms with van der Waals surface area (Å²) in [6, 6.07) is 9.89. The Kier molecular flexibility index (Phi) is 6.16. The molecule has 0 fully saturated rings. The van der Waals surface area contributed by atoms with E-state index in [9.17, 15) is 10.1 Å². The highest BCUT2D eigenvalue weighted by Gasteiger charge is 2.13. The number of rotatable bonds is 9. The predicted octanol–water partition coefficient (Wildman–Crippen LogP) is 3.61. The van der Waals surface area contributed by atoms with Gasteiger partial charge in [0.1, 0.15) is 5.75 Å². The van der Waals surface area contributed by atoms with Crippen LogP contribution in [0.4, 0.5) is 5.69 Å². The predicted molar refractivity (Wildman–Crippen MR) is 103 cm³/mol. The van der Waals surface area contributed by atoms with Crippen LogP contribution in [0.25, 0.3) is 11.4 Å². The van der Waals surface area contributed by atoms with Gasteiger partial charge in [-0.1, -0.05) is 23.9 Å². The molecule has 27 heavy (non-hydrogen) atoms. The summed E-state index contributed by atoms with van der Waals surface area (Å²) in [6.45, 7) is 4.76. The summed E-state index contributed by atoms with van der Waals surface area (Å²) in [7, 11) is 0. The fraction of sp³-hybridized carbons (Fsp3) is 0.167. The summed E-state index contributed by atoms with van der Waals surface area (Å²) in [4.78, 5) is 14.4. The van der Waals surface area contributed by atoms with E-state index in [-0.39, 0.29) is 5.69 Å². The van der Waals surface area contributed by atoms with Crippen LogP contribution < -0.4 is 4.74 Å². The van der Waals surface area contributed by atoms with Gasteiger partial charge in [0.05, 0.1) is 17.6 Å². The molecule has 3 aromatic rings. The van der Waals surface area contributed by atoms with Crippen LogP contribution in [0.5, 0.6) is 5.75 Å². The average Bonchev–Trinajstić information content (AvgIpc) is 3.09. The van der Waals surface area contributed by atoms with Crippen molar-refractivity contribution >= 4 is 17.4 Å². The number of hydrogen-bond donors (Lipinski definition) is 0. The molecule has 0 radical (unpaired) electrons. The lowest BCUT2D eigenvalue weighted by Crippen LogP contribution is -2.04. The van der Waals surface area contributed by atoms with Crippen LogP contribution in [-0.4, -0.2) is 37.0 Å². The molecule has 8 nitrogen and oxygen atoms in total. The lowest BCUT2D eigenvalue weighted by atomic mass is 10.2. The number of nitro benzene ring substituents is 1. The van der Waals surface area contributed by atoms with Crippen molar-refractivity contribution in [2.24, 2.45) is 0 Å². The van der Waals surface area contributed by atoms with Gasteiger partial charge in [-0.25, -0.2) is 0 Å². The van der Waals surface area contributed by atoms with Gasteiger partial charge in [-0.3, -0.25) is 19.7 Å². The monoisotopic (exact) mass is 383 g/mol. The third-order valence-electron chi connectivity index (χ3n) is 3.58. The van der Waals surface area contributed by atoms with Gasteiger partial charge in [0.25, 0.3) is 5.69 Å². The number of aromatic nitrogens is 4. The molecule has 0 atom stereocenters. The van der Waals surface area contributed by atoms with Crippen LogP contribution in [0.1, 0.15) is 0 Å². The molecule has 0 aliphatic rings. The Hall–Kier alpha value is -3.20. The SMILES string of the molecule is C=CCn1c(SCCOc2cccc([N+](=O)[O-])c2)nnc1-c1ccncc1. The van der Waals surface area contributed by atoms with Crippen LogP contribution in [0, 0.1) is 10.1 Å². The molecule has 2 aromatic heterocycles. The number of pyridine rings is 1. The summed E-state index contributed by atoms with van der Waals surface area (Å²) in [5, 5.41) is 20.1. The van der Waals surface area contributed by atoms with Crippen molar-refractivity contribution in [3.63, 3.8) is 0 Å². The van der Waals surface area contributed by atoms with Gasteiger partial charge in [0.15, 0.2) is 11.0 Å². The number of nitrogens with zero attached hydrogens (tertiary/aromatic N) is 5. The minimum absolute atomic E-state index is 0.00729. The zero-order valence-corrected chi connectivity index (χ0v) is 15.2. The summed E-state index contributed by atoms with van der Waals surface area (Å²) >= 11 is 1.50. The Bertz CT molecular complexity index is 930. The van der Waals surface area contributed by atoms with Crippen molar-refractivity contribution in [2.75, 3.05) is 12.4 Å². The first-order chi connectivity index (χ1) is 13.2. The van der Waals surface area contributed by atoms with E-state index in [2.05, 4.69) is 21.8 Å². The number of nitro groups is 1. The van der Waals surface area contributed by atoms with E-state index in [1.165, 1.54) is 23.9 Å². The van der Waals surface area contributed by atoms with E-state index in [0.717, 1.165) is 16.5 Å². The molecular weight excluding hydrogens is 366 g/mol. The van der Waals surface area contributed by atoms with E-state index in [4.69, 9.17) is 4.74 Å². The Morgan fingerprint density at radius 1 is 1.26 bits per heavy atom. The highest BCUT2D eigenvalue weighted by molar-refractivity contribution is 7.99. The fourth-order valence-electron chi connectivity index (χ4n) is 2.38. The van der Waals surface area contributed by atoms with Gasteiger partial charge in [-0.2, -0.15) is 0 Å². The summed E-state index contributed by atoms with van der Waals surface area (Å²) in [5.74, 6) is 1.84. The number of hydrogen-bond acceptors (Lipinski definition) is 7. The van der Waals surface area contributed by atoms with Gasteiger partial charge >= 0.3 is 0 Å². The normalized spacial score (nSPS) is 10.5. The van der Waals surface area contributed by atoms with Crippen LogP contribution >= 0.6 is 11.8 Å². The number of non-ortho nitro benzene ring substituents is 1. The smallest absolute Gasteiger partial charge is 0.273 e. The zero-order chi connectivity index (χ0) is 19.1. The summed E-state index contributed by atoms with van der Waals surface area (Å²) in [6.07, 6.45) is 5.21. The number of allylic oxidation sites excluding steroid dienone is 1. The van der Waals surface area contributed by atoms with Crippen molar-refractivity contribution in [3.05, 3.63) is 71.6 Å². The molecular formula is C18H17N5O3S. The van der Waals surface area contributed by atoms with Gasteiger partial charge in [-0.05, 0) is 18.2 Å². The van der Waals surface area contributed by atoms with E-state index in [1.807, 2.05) is 16.7 Å². The number of ether oxygens (including phenoxy) is 1. The minimum atomic E-state index is -0.444. The maximum atomic E-state index is 10.8. The van der Waals surface area contributed by atoms with Crippen molar-refractivity contribution in [1.82, 2.24) is 19.7 Å². The first kappa shape index (κ1) is 18.6. The van der Waals surface area contributed by atoms with Crippen LogP contribution in [0.2, 0.25) is 0 Å². The summed E-state index contributed by atoms with van der Waals surface area (Å²) in [5.41, 5.74) is 0.937. The molecule has 0 N–H and O–H groups in total. The molecule has 0 aliphatic heterocycles. The van der Waals surface area contributed by atoms with Crippen LogP contribution in [0.15, 0.2) is 66.6 Å². The second-order valence-corrected chi connectivity index (χ2v) is 6.45. The highest BCUT2D eigenvalue weighted by Crippen LogP contribution is 2.24. The molecule has 0 unspecified atom stereocenters. The largest absolute Gasteiger partial charge is 0.492 e. The Morgan fingerprint density at radius 2 is 2.07 bits per heavy atom. The molecule has 1 aromatic carbocycles. The maximum absolute atomic E-state index is 10.8. The van der Waals surface area contributed by atoms with Crippen molar-refractivity contribution < 1.29 is 9.66 Å². The lowest BCUT2D eigenvalue weighted by molar-refractivity contribution is -0.384. The molecule has 138 valence electrons. The quantitative estimate of drug-likeness (QED) is 0.183. The molecule has 2 heterocycles. The molecule has 9 heteroatoms. The van der Waals surface area contributed by atoms with Gasteiger partial charge in [0, 0.05) is 36.3 Å². The second kappa shape index (κ2) is 8.95. The Balaban J connectivity index is 1.63.